The van der Waals surface area contributed by atoms with E-state index in [0.29, 0.717) is 5.52 Å². The van der Waals surface area contributed by atoms with Crippen molar-refractivity contribution in [2.45, 2.75) is 25.3 Å². The maximum Gasteiger partial charge on any atom is 0.144 e. The number of fused-ring (bicyclic) bond motifs is 1. The zero-order valence-corrected chi connectivity index (χ0v) is 13.6. The third-order valence-electron chi connectivity index (χ3n) is 3.38. The maximum absolute atomic E-state index is 13.6. The van der Waals surface area contributed by atoms with Crippen molar-refractivity contribution < 1.29 is 4.39 Å². The normalized spacial score (nSPS) is 13.0. The fraction of sp³-hybridized carbons (Fsp3) is 0.267. The summed E-state index contributed by atoms with van der Waals surface area (Å²) in [5.41, 5.74) is 2.67. The zero-order valence-electron chi connectivity index (χ0n) is 11.3. The Morgan fingerprint density at radius 3 is 2.90 bits per heavy atom. The highest BCUT2D eigenvalue weighted by molar-refractivity contribution is 7.07. The van der Waals surface area contributed by atoms with Crippen LogP contribution in [0.4, 0.5) is 4.39 Å². The lowest BCUT2D eigenvalue weighted by Gasteiger charge is -2.10. The van der Waals surface area contributed by atoms with E-state index in [-0.39, 0.29) is 10.4 Å². The molecule has 6 heteroatoms. The second-order valence-corrected chi connectivity index (χ2v) is 6.72. The van der Waals surface area contributed by atoms with Gasteiger partial charge in [-0.25, -0.2) is 9.37 Å². The predicted molar refractivity (Wildman–Crippen MR) is 87.0 cm³/mol. The minimum Gasteiger partial charge on any atom is -0.326 e. The molecule has 0 aliphatic carbocycles. The van der Waals surface area contributed by atoms with Gasteiger partial charge in [-0.05, 0) is 41.8 Å². The number of benzene rings is 1. The van der Waals surface area contributed by atoms with E-state index in [1.807, 2.05) is 11.5 Å². The number of hydrogen-bond acceptors (Lipinski definition) is 2. The molecule has 0 aliphatic rings. The average Bonchev–Trinajstić information content (AvgIpc) is 3.05. The van der Waals surface area contributed by atoms with Crippen LogP contribution in [0.3, 0.4) is 0 Å². The number of thiophene rings is 1. The SMILES string of the molecule is CC(Cl)c1nc2cc(F)c(Cl)cc2n1CCc1ccsc1. The van der Waals surface area contributed by atoms with Crippen LogP contribution in [0.2, 0.25) is 5.02 Å². The van der Waals surface area contributed by atoms with Crippen molar-refractivity contribution in [3.05, 3.63) is 51.2 Å². The lowest BCUT2D eigenvalue weighted by atomic mass is 10.2. The smallest absolute Gasteiger partial charge is 0.144 e. The Bertz CT molecular complexity index is 766. The zero-order chi connectivity index (χ0) is 15.0. The molecular weight excluding hydrogens is 330 g/mol. The van der Waals surface area contributed by atoms with Gasteiger partial charge in [0.1, 0.15) is 11.6 Å². The Labute approximate surface area is 136 Å². The summed E-state index contributed by atoms with van der Waals surface area (Å²) in [7, 11) is 0. The summed E-state index contributed by atoms with van der Waals surface area (Å²) in [6, 6.07) is 5.08. The summed E-state index contributed by atoms with van der Waals surface area (Å²) in [5, 5.41) is 4.03. The van der Waals surface area contributed by atoms with Gasteiger partial charge in [0.25, 0.3) is 0 Å². The molecule has 3 rings (SSSR count). The second-order valence-electron chi connectivity index (χ2n) is 4.87. The van der Waals surface area contributed by atoms with E-state index in [1.54, 1.807) is 17.4 Å². The number of aromatic nitrogens is 2. The molecule has 0 radical (unpaired) electrons. The van der Waals surface area contributed by atoms with E-state index < -0.39 is 5.82 Å². The minimum atomic E-state index is -0.458. The molecule has 0 saturated heterocycles. The van der Waals surface area contributed by atoms with Crippen LogP contribution in [-0.2, 0) is 13.0 Å². The van der Waals surface area contributed by atoms with Gasteiger partial charge in [-0.15, -0.1) is 11.6 Å². The molecule has 0 N–H and O–H groups in total. The van der Waals surface area contributed by atoms with Gasteiger partial charge in [0, 0.05) is 12.6 Å². The van der Waals surface area contributed by atoms with Gasteiger partial charge >= 0.3 is 0 Å². The molecule has 1 aromatic carbocycles. The summed E-state index contributed by atoms with van der Waals surface area (Å²) in [6.45, 7) is 2.60. The van der Waals surface area contributed by atoms with Gasteiger partial charge in [-0.2, -0.15) is 11.3 Å². The molecule has 0 amide bonds. The molecule has 0 saturated carbocycles. The van der Waals surface area contributed by atoms with Gasteiger partial charge < -0.3 is 4.57 Å². The molecule has 110 valence electrons. The fourth-order valence-corrected chi connectivity index (χ4v) is 3.38. The predicted octanol–water partition coefficient (Wildman–Crippen LogP) is 5.43. The summed E-state index contributed by atoms with van der Waals surface area (Å²) in [5.74, 6) is 0.281. The quantitative estimate of drug-likeness (QED) is 0.577. The topological polar surface area (TPSA) is 17.8 Å². The van der Waals surface area contributed by atoms with Gasteiger partial charge in [-0.3, -0.25) is 0 Å². The van der Waals surface area contributed by atoms with E-state index in [2.05, 4.69) is 21.8 Å². The molecule has 0 spiro atoms. The molecule has 0 bridgehead atoms. The summed E-state index contributed by atoms with van der Waals surface area (Å²) in [4.78, 5) is 4.45. The number of hydrogen-bond donors (Lipinski definition) is 0. The lowest BCUT2D eigenvalue weighted by molar-refractivity contribution is 0.629. The first-order chi connectivity index (χ1) is 10.1. The number of aryl methyl sites for hydroxylation is 2. The highest BCUT2D eigenvalue weighted by Crippen LogP contribution is 2.28. The van der Waals surface area contributed by atoms with E-state index in [0.717, 1.165) is 24.3 Å². The average molecular weight is 343 g/mol. The Hall–Kier alpha value is -1.10. The van der Waals surface area contributed by atoms with E-state index in [4.69, 9.17) is 23.2 Å². The standard InChI is InChI=1S/C15H13Cl2FN2S/c1-9(16)15-19-13-7-12(18)11(17)6-14(13)20(15)4-2-10-3-5-21-8-10/h3,5-9H,2,4H2,1H3. The van der Waals surface area contributed by atoms with E-state index in [9.17, 15) is 4.39 Å². The Balaban J connectivity index is 2.04. The van der Waals surface area contributed by atoms with Gasteiger partial charge in [-0.1, -0.05) is 11.6 Å². The summed E-state index contributed by atoms with van der Waals surface area (Å²) >= 11 is 13.8. The maximum atomic E-state index is 13.6. The van der Waals surface area contributed by atoms with E-state index >= 15 is 0 Å². The molecule has 1 atom stereocenters. The third kappa shape index (κ3) is 2.93. The summed E-state index contributed by atoms with van der Waals surface area (Å²) in [6.07, 6.45) is 0.876. The van der Waals surface area contributed by atoms with Crippen LogP contribution < -0.4 is 0 Å². The van der Waals surface area contributed by atoms with Crippen molar-refractivity contribution in [1.82, 2.24) is 9.55 Å². The van der Waals surface area contributed by atoms with Crippen molar-refractivity contribution in [2.75, 3.05) is 0 Å². The third-order valence-corrected chi connectivity index (χ3v) is 4.60. The van der Waals surface area contributed by atoms with Crippen LogP contribution in [0.15, 0.2) is 29.0 Å². The Morgan fingerprint density at radius 2 is 2.24 bits per heavy atom. The van der Waals surface area contributed by atoms with Crippen LogP contribution in [0.25, 0.3) is 11.0 Å². The highest BCUT2D eigenvalue weighted by atomic mass is 35.5. The van der Waals surface area contributed by atoms with Gasteiger partial charge in [0.15, 0.2) is 0 Å². The lowest BCUT2D eigenvalue weighted by Crippen LogP contribution is -2.06. The number of rotatable bonds is 4. The van der Waals surface area contributed by atoms with Crippen LogP contribution >= 0.6 is 34.5 Å². The monoisotopic (exact) mass is 342 g/mol. The van der Waals surface area contributed by atoms with E-state index in [1.165, 1.54) is 11.6 Å². The molecule has 2 heterocycles. The van der Waals surface area contributed by atoms with Crippen LogP contribution in [0, 0.1) is 5.82 Å². The van der Waals surface area contributed by atoms with Crippen LogP contribution in [-0.4, -0.2) is 9.55 Å². The molecule has 0 aliphatic heterocycles. The second kappa shape index (κ2) is 5.95. The van der Waals surface area contributed by atoms with Crippen molar-refractivity contribution in [3.63, 3.8) is 0 Å². The Morgan fingerprint density at radius 1 is 1.43 bits per heavy atom. The first kappa shape index (κ1) is 14.8. The van der Waals surface area contributed by atoms with Gasteiger partial charge in [0.2, 0.25) is 0 Å². The Kier molecular flexibility index (Phi) is 4.20. The van der Waals surface area contributed by atoms with Crippen LogP contribution in [0.1, 0.15) is 23.7 Å². The molecule has 2 nitrogen and oxygen atoms in total. The number of halogens is 3. The molecule has 1 unspecified atom stereocenters. The number of imidazole rings is 1. The number of nitrogens with zero attached hydrogens (tertiary/aromatic N) is 2. The molecule has 0 fully saturated rings. The first-order valence-electron chi connectivity index (χ1n) is 6.56. The molecular formula is C15H13Cl2FN2S. The molecule has 2 aromatic heterocycles. The van der Waals surface area contributed by atoms with Crippen LogP contribution in [0.5, 0.6) is 0 Å². The highest BCUT2D eigenvalue weighted by Gasteiger charge is 2.16. The summed E-state index contributed by atoms with van der Waals surface area (Å²) < 4.78 is 15.6. The van der Waals surface area contributed by atoms with Gasteiger partial charge in [0.05, 0.1) is 21.4 Å². The van der Waals surface area contributed by atoms with Crippen molar-refractivity contribution >= 4 is 45.6 Å². The first-order valence-corrected chi connectivity index (χ1v) is 8.32. The fourth-order valence-electron chi connectivity index (χ4n) is 2.35. The minimum absolute atomic E-state index is 0.105. The molecule has 3 aromatic rings. The largest absolute Gasteiger partial charge is 0.326 e. The van der Waals surface area contributed by atoms with Crippen molar-refractivity contribution in [3.8, 4) is 0 Å². The van der Waals surface area contributed by atoms with Crippen molar-refractivity contribution in [1.29, 1.82) is 0 Å². The molecule has 21 heavy (non-hydrogen) atoms. The number of alkyl halides is 1. The van der Waals surface area contributed by atoms with Crippen molar-refractivity contribution in [2.24, 2.45) is 0 Å².